The zero-order chi connectivity index (χ0) is 19.9. The topological polar surface area (TPSA) is 75.3 Å². The van der Waals surface area contributed by atoms with Gasteiger partial charge < -0.3 is 15.2 Å². The van der Waals surface area contributed by atoms with Crippen LogP contribution in [0.3, 0.4) is 0 Å². The lowest BCUT2D eigenvalue weighted by molar-refractivity contribution is -0.137. The Labute approximate surface area is 179 Å². The SMILES string of the molecule is CN=C(NCCc1ccc(C(F)(F)F)cc1)NCCc1nc(C(C)C)no1.I. The maximum Gasteiger partial charge on any atom is 0.416 e. The molecule has 0 spiro atoms. The quantitative estimate of drug-likeness (QED) is 0.337. The number of aliphatic imine (C=N–C) groups is 1. The Morgan fingerprint density at radius 1 is 1.11 bits per heavy atom. The minimum Gasteiger partial charge on any atom is -0.356 e. The molecule has 0 aliphatic heterocycles. The largest absolute Gasteiger partial charge is 0.416 e. The fraction of sp³-hybridized carbons (Fsp3) is 0.500. The normalized spacial score (nSPS) is 12.0. The molecule has 28 heavy (non-hydrogen) atoms. The van der Waals surface area contributed by atoms with Crippen molar-refractivity contribution in [3.05, 3.63) is 47.1 Å². The predicted octanol–water partition coefficient (Wildman–Crippen LogP) is 3.78. The molecule has 156 valence electrons. The molecule has 2 rings (SSSR count). The lowest BCUT2D eigenvalue weighted by Gasteiger charge is -2.11. The van der Waals surface area contributed by atoms with E-state index in [-0.39, 0.29) is 29.9 Å². The Hall–Kier alpha value is -1.85. The summed E-state index contributed by atoms with van der Waals surface area (Å²) in [6, 6.07) is 5.17. The average molecular weight is 511 g/mol. The summed E-state index contributed by atoms with van der Waals surface area (Å²) < 4.78 is 42.8. The molecule has 0 bridgehead atoms. The zero-order valence-electron chi connectivity index (χ0n) is 16.0. The van der Waals surface area contributed by atoms with Gasteiger partial charge in [-0.15, -0.1) is 24.0 Å². The number of hydrogen-bond donors (Lipinski definition) is 2. The van der Waals surface area contributed by atoms with Gasteiger partial charge in [-0.2, -0.15) is 18.2 Å². The molecule has 10 heteroatoms. The van der Waals surface area contributed by atoms with Gasteiger partial charge in [0, 0.05) is 32.5 Å². The van der Waals surface area contributed by atoms with E-state index >= 15 is 0 Å². The number of guanidine groups is 1. The van der Waals surface area contributed by atoms with Crippen LogP contribution in [0.25, 0.3) is 0 Å². The maximum absolute atomic E-state index is 12.6. The number of nitrogens with zero attached hydrogens (tertiary/aromatic N) is 3. The molecule has 0 saturated carbocycles. The van der Waals surface area contributed by atoms with Crippen LogP contribution in [-0.4, -0.2) is 36.2 Å². The Morgan fingerprint density at radius 3 is 2.21 bits per heavy atom. The molecule has 1 heterocycles. The molecule has 1 aromatic carbocycles. The first-order valence-electron chi connectivity index (χ1n) is 8.72. The number of aromatic nitrogens is 2. The van der Waals surface area contributed by atoms with Crippen molar-refractivity contribution in [1.29, 1.82) is 0 Å². The van der Waals surface area contributed by atoms with Crippen molar-refractivity contribution in [2.75, 3.05) is 20.1 Å². The van der Waals surface area contributed by atoms with Crippen LogP contribution in [0.2, 0.25) is 0 Å². The highest BCUT2D eigenvalue weighted by atomic mass is 127. The van der Waals surface area contributed by atoms with Gasteiger partial charge >= 0.3 is 6.18 Å². The number of nitrogens with one attached hydrogen (secondary N) is 2. The van der Waals surface area contributed by atoms with Gasteiger partial charge in [-0.05, 0) is 24.1 Å². The molecule has 2 aromatic rings. The van der Waals surface area contributed by atoms with Crippen molar-refractivity contribution in [3.63, 3.8) is 0 Å². The average Bonchev–Trinajstić information content (AvgIpc) is 3.09. The predicted molar refractivity (Wildman–Crippen MR) is 112 cm³/mol. The smallest absolute Gasteiger partial charge is 0.356 e. The van der Waals surface area contributed by atoms with Crippen LogP contribution in [0, 0.1) is 0 Å². The molecule has 0 atom stereocenters. The third-order valence-corrected chi connectivity index (χ3v) is 3.84. The standard InChI is InChI=1S/C18H24F3N5O.HI/c1-12(2)16-25-15(27-26-16)9-11-24-17(22-3)23-10-8-13-4-6-14(7-5-13)18(19,20)21;/h4-7,12H,8-11H2,1-3H3,(H2,22,23,24);1H. The van der Waals surface area contributed by atoms with Crippen molar-refractivity contribution in [3.8, 4) is 0 Å². The van der Waals surface area contributed by atoms with E-state index in [1.165, 1.54) is 12.1 Å². The van der Waals surface area contributed by atoms with Crippen LogP contribution >= 0.6 is 24.0 Å². The number of hydrogen-bond acceptors (Lipinski definition) is 4. The summed E-state index contributed by atoms with van der Waals surface area (Å²) >= 11 is 0. The van der Waals surface area contributed by atoms with E-state index in [0.717, 1.165) is 17.7 Å². The van der Waals surface area contributed by atoms with Gasteiger partial charge in [-0.1, -0.05) is 31.1 Å². The van der Waals surface area contributed by atoms with Crippen molar-refractivity contribution in [1.82, 2.24) is 20.8 Å². The third kappa shape index (κ3) is 7.64. The second-order valence-corrected chi connectivity index (χ2v) is 6.32. The Kier molecular flexibility index (Phi) is 9.70. The van der Waals surface area contributed by atoms with Crippen LogP contribution in [0.4, 0.5) is 13.2 Å². The molecule has 0 fully saturated rings. The minimum atomic E-state index is -4.31. The van der Waals surface area contributed by atoms with E-state index in [4.69, 9.17) is 4.52 Å². The van der Waals surface area contributed by atoms with Crippen LogP contribution < -0.4 is 10.6 Å². The van der Waals surface area contributed by atoms with Gasteiger partial charge in [0.1, 0.15) is 0 Å². The number of benzene rings is 1. The fourth-order valence-corrected chi connectivity index (χ4v) is 2.30. The molecule has 0 saturated heterocycles. The number of rotatable bonds is 7. The number of alkyl halides is 3. The van der Waals surface area contributed by atoms with Crippen molar-refractivity contribution >= 4 is 29.9 Å². The summed E-state index contributed by atoms with van der Waals surface area (Å²) in [4.78, 5) is 8.41. The second kappa shape index (κ2) is 11.2. The summed E-state index contributed by atoms with van der Waals surface area (Å²) in [6.07, 6.45) is -3.16. The van der Waals surface area contributed by atoms with Crippen molar-refractivity contribution in [2.45, 2.75) is 38.8 Å². The van der Waals surface area contributed by atoms with E-state index in [0.29, 0.717) is 43.6 Å². The first-order valence-corrected chi connectivity index (χ1v) is 8.72. The molecular weight excluding hydrogens is 486 g/mol. The van der Waals surface area contributed by atoms with E-state index in [9.17, 15) is 13.2 Å². The van der Waals surface area contributed by atoms with Gasteiger partial charge in [0.2, 0.25) is 5.89 Å². The van der Waals surface area contributed by atoms with E-state index < -0.39 is 11.7 Å². The highest BCUT2D eigenvalue weighted by Crippen LogP contribution is 2.29. The molecule has 2 N–H and O–H groups in total. The van der Waals surface area contributed by atoms with E-state index in [2.05, 4.69) is 25.8 Å². The van der Waals surface area contributed by atoms with E-state index in [1.54, 1.807) is 7.05 Å². The zero-order valence-corrected chi connectivity index (χ0v) is 18.3. The second-order valence-electron chi connectivity index (χ2n) is 6.32. The Bertz CT molecular complexity index is 744. The molecule has 1 aromatic heterocycles. The minimum absolute atomic E-state index is 0. The van der Waals surface area contributed by atoms with Gasteiger partial charge in [-0.25, -0.2) is 0 Å². The highest BCUT2D eigenvalue weighted by Gasteiger charge is 2.29. The summed E-state index contributed by atoms with van der Waals surface area (Å²) in [6.45, 7) is 5.10. The van der Waals surface area contributed by atoms with Crippen LogP contribution in [0.15, 0.2) is 33.8 Å². The summed E-state index contributed by atoms with van der Waals surface area (Å²) in [5, 5.41) is 10.2. The lowest BCUT2D eigenvalue weighted by Crippen LogP contribution is -2.39. The first kappa shape index (κ1) is 24.2. The van der Waals surface area contributed by atoms with Gasteiger partial charge in [-0.3, -0.25) is 4.99 Å². The fourth-order valence-electron chi connectivity index (χ4n) is 2.30. The van der Waals surface area contributed by atoms with Gasteiger partial charge in [0.25, 0.3) is 0 Å². The first-order chi connectivity index (χ1) is 12.8. The molecular formula is C18H25F3IN5O. The van der Waals surface area contributed by atoms with Crippen molar-refractivity contribution < 1.29 is 17.7 Å². The lowest BCUT2D eigenvalue weighted by atomic mass is 10.1. The van der Waals surface area contributed by atoms with Crippen LogP contribution in [0.1, 0.15) is 42.6 Å². The Balaban J connectivity index is 0.00000392. The van der Waals surface area contributed by atoms with Crippen molar-refractivity contribution in [2.24, 2.45) is 4.99 Å². The molecule has 0 radical (unpaired) electrons. The summed E-state index contributed by atoms with van der Waals surface area (Å²) in [5.74, 6) is 2.07. The maximum atomic E-state index is 12.6. The summed E-state index contributed by atoms with van der Waals surface area (Å²) in [5.41, 5.74) is 0.177. The van der Waals surface area contributed by atoms with Gasteiger partial charge in [0.05, 0.1) is 5.56 Å². The molecule has 0 unspecified atom stereocenters. The van der Waals surface area contributed by atoms with Gasteiger partial charge in [0.15, 0.2) is 11.8 Å². The molecule has 6 nitrogen and oxygen atoms in total. The third-order valence-electron chi connectivity index (χ3n) is 3.84. The molecule has 0 aliphatic rings. The van der Waals surface area contributed by atoms with Crippen LogP contribution in [-0.2, 0) is 19.0 Å². The van der Waals surface area contributed by atoms with Crippen LogP contribution in [0.5, 0.6) is 0 Å². The molecule has 0 amide bonds. The monoisotopic (exact) mass is 511 g/mol. The molecule has 0 aliphatic carbocycles. The Morgan fingerprint density at radius 2 is 1.71 bits per heavy atom. The number of halogens is 4. The highest BCUT2D eigenvalue weighted by molar-refractivity contribution is 14.0. The summed E-state index contributed by atoms with van der Waals surface area (Å²) in [7, 11) is 1.65. The van der Waals surface area contributed by atoms with E-state index in [1.807, 2.05) is 13.8 Å².